The van der Waals surface area contributed by atoms with Crippen molar-refractivity contribution in [3.05, 3.63) is 53.1 Å². The van der Waals surface area contributed by atoms with Crippen molar-refractivity contribution >= 4 is 19.7 Å². The number of benzene rings is 2. The van der Waals surface area contributed by atoms with E-state index in [-0.39, 0.29) is 17.7 Å². The third kappa shape index (κ3) is 5.33. The molecule has 0 spiro atoms. The number of rotatable bonds is 10. The minimum absolute atomic E-state index is 0.103. The third-order valence-corrected chi connectivity index (χ3v) is 6.60. The molecule has 2 unspecified atom stereocenters. The van der Waals surface area contributed by atoms with E-state index in [9.17, 15) is 4.79 Å². The number of aryl methyl sites for hydroxylation is 1. The molecule has 0 radical (unpaired) electrons. The smallest absolute Gasteiger partial charge is 0.188 e. The van der Waals surface area contributed by atoms with E-state index in [1.165, 1.54) is 0 Å². The van der Waals surface area contributed by atoms with E-state index in [0.29, 0.717) is 8.58 Å². The number of Topliss-reactive ketones (excluding diaryl/α,β-unsaturated/α-hetero) is 1. The number of ketones is 1. The van der Waals surface area contributed by atoms with Crippen LogP contribution in [0.15, 0.2) is 36.4 Å². The van der Waals surface area contributed by atoms with Crippen molar-refractivity contribution in [2.24, 2.45) is 0 Å². The molecule has 0 saturated heterocycles. The lowest BCUT2D eigenvalue weighted by atomic mass is 9.94. The molecule has 2 aromatic carbocycles. The molecule has 2 rings (SSSR count). The Bertz CT molecular complexity index is 818. The second kappa shape index (κ2) is 10.0. The van der Waals surface area contributed by atoms with Crippen LogP contribution in [0.3, 0.4) is 0 Å². The minimum atomic E-state index is -0.189. The Morgan fingerprint density at radius 2 is 1.89 bits per heavy atom. The summed E-state index contributed by atoms with van der Waals surface area (Å²) < 4.78 is 16.5. The highest BCUT2D eigenvalue weighted by Gasteiger charge is 2.31. The van der Waals surface area contributed by atoms with Crippen molar-refractivity contribution in [2.75, 3.05) is 21.0 Å². The summed E-state index contributed by atoms with van der Waals surface area (Å²) in [5.41, 5.74) is 2.99. The van der Waals surface area contributed by atoms with Gasteiger partial charge in [-0.3, -0.25) is 4.79 Å². The molecule has 0 saturated carbocycles. The van der Waals surface area contributed by atoms with Gasteiger partial charge in [0, 0.05) is 23.4 Å². The first-order chi connectivity index (χ1) is 13.3. The van der Waals surface area contributed by atoms with Crippen LogP contribution in [0.5, 0.6) is 11.5 Å². The fourth-order valence-corrected chi connectivity index (χ4v) is 5.28. The molecule has 0 aromatic heterocycles. The van der Waals surface area contributed by atoms with Gasteiger partial charge in [-0.2, -0.15) is 0 Å². The van der Waals surface area contributed by atoms with Gasteiger partial charge >= 0.3 is 0 Å². The lowest BCUT2D eigenvalue weighted by Crippen LogP contribution is -2.23. The number of hydrogen-bond donors (Lipinski definition) is 0. The summed E-state index contributed by atoms with van der Waals surface area (Å²) in [6.07, 6.45) is 1.98. The zero-order valence-electron chi connectivity index (χ0n) is 17.7. The predicted molar refractivity (Wildman–Crippen MR) is 117 cm³/mol. The highest BCUT2D eigenvalue weighted by Crippen LogP contribution is 2.49. The quantitative estimate of drug-likeness (QED) is 0.311. The van der Waals surface area contributed by atoms with Crippen LogP contribution >= 0.6 is 8.58 Å². The van der Waals surface area contributed by atoms with Crippen LogP contribution in [-0.2, 0) is 9.89 Å². The van der Waals surface area contributed by atoms with E-state index in [4.69, 9.17) is 14.2 Å². The van der Waals surface area contributed by atoms with Crippen molar-refractivity contribution in [3.63, 3.8) is 0 Å². The fraction of sp³-hybridized carbons (Fsp3) is 0.435. The van der Waals surface area contributed by atoms with Crippen molar-refractivity contribution in [1.82, 2.24) is 0 Å². The predicted octanol–water partition coefficient (Wildman–Crippen LogP) is 5.21. The average molecular weight is 402 g/mol. The second-order valence-electron chi connectivity index (χ2n) is 7.23. The molecule has 2 aromatic rings. The lowest BCUT2D eigenvalue weighted by molar-refractivity contribution is 0.0499. The summed E-state index contributed by atoms with van der Waals surface area (Å²) >= 11 is 0. The number of carbonyl (C=O) groups excluding carboxylic acids is 1. The van der Waals surface area contributed by atoms with Gasteiger partial charge in [-0.25, -0.2) is 0 Å². The molecule has 28 heavy (non-hydrogen) atoms. The molecule has 4 nitrogen and oxygen atoms in total. The lowest BCUT2D eigenvalue weighted by Gasteiger charge is -2.33. The zero-order chi connectivity index (χ0) is 20.7. The molecule has 152 valence electrons. The Hall–Kier alpha value is -1.90. The summed E-state index contributed by atoms with van der Waals surface area (Å²) in [4.78, 5) is 12.3. The first kappa shape index (κ1) is 22.4. The normalized spacial score (nSPS) is 13.5. The monoisotopic (exact) mass is 402 g/mol. The molecule has 0 aliphatic carbocycles. The molecule has 5 heteroatoms. The average Bonchev–Trinajstić information content (AvgIpc) is 2.67. The molecule has 0 fully saturated rings. The van der Waals surface area contributed by atoms with Crippen LogP contribution < -0.4 is 14.8 Å². The topological polar surface area (TPSA) is 44.8 Å². The number of methoxy groups -OCH3 is 2. The largest absolute Gasteiger partial charge is 0.497 e. The molecule has 2 atom stereocenters. The van der Waals surface area contributed by atoms with Gasteiger partial charge in [0.1, 0.15) is 11.5 Å². The Balaban J connectivity index is 2.56. The molecule has 0 aliphatic rings. The van der Waals surface area contributed by atoms with Gasteiger partial charge in [0.2, 0.25) is 0 Å². The van der Waals surface area contributed by atoms with Crippen LogP contribution in [-0.4, -0.2) is 26.8 Å². The first-order valence-electron chi connectivity index (χ1n) is 9.54. The zero-order valence-corrected chi connectivity index (χ0v) is 18.7. The van der Waals surface area contributed by atoms with Gasteiger partial charge in [0.05, 0.1) is 7.11 Å². The molecule has 0 bridgehead atoms. The van der Waals surface area contributed by atoms with Gasteiger partial charge in [-0.05, 0) is 49.8 Å². The summed E-state index contributed by atoms with van der Waals surface area (Å²) in [5, 5.41) is 0.904. The Morgan fingerprint density at radius 1 is 1.14 bits per heavy atom. The van der Waals surface area contributed by atoms with Gasteiger partial charge in [-0.1, -0.05) is 46.5 Å². The van der Waals surface area contributed by atoms with Crippen molar-refractivity contribution in [2.45, 2.75) is 45.7 Å². The third-order valence-electron chi connectivity index (χ3n) is 4.83. The van der Waals surface area contributed by atoms with E-state index >= 15 is 0 Å². The van der Waals surface area contributed by atoms with E-state index in [0.717, 1.165) is 46.3 Å². The van der Waals surface area contributed by atoms with E-state index in [1.54, 1.807) is 21.1 Å². The van der Waals surface area contributed by atoms with Crippen molar-refractivity contribution < 1.29 is 19.0 Å². The summed E-state index contributed by atoms with van der Waals surface area (Å²) in [7, 11) is 3.70. The van der Waals surface area contributed by atoms with Crippen molar-refractivity contribution in [3.8, 4) is 11.5 Å². The SMILES string of the molecule is CCCC(C)(Pc1ccc(C)cc1C(C)=O)c1cc(OC)ccc1OCOC. The Labute approximate surface area is 170 Å². The van der Waals surface area contributed by atoms with Gasteiger partial charge in [0.15, 0.2) is 12.6 Å². The number of ether oxygens (including phenoxy) is 3. The molecule has 0 N–H and O–H groups in total. The van der Waals surface area contributed by atoms with Crippen LogP contribution in [0.1, 0.15) is 55.1 Å². The van der Waals surface area contributed by atoms with Gasteiger partial charge < -0.3 is 14.2 Å². The van der Waals surface area contributed by atoms with E-state index in [1.807, 2.05) is 25.1 Å². The Morgan fingerprint density at radius 3 is 2.50 bits per heavy atom. The fourth-order valence-electron chi connectivity index (χ4n) is 3.44. The molecular formula is C23H31O4P. The molecular weight excluding hydrogens is 371 g/mol. The number of hydrogen-bond acceptors (Lipinski definition) is 4. The number of carbonyl (C=O) groups is 1. The van der Waals surface area contributed by atoms with E-state index in [2.05, 4.69) is 32.0 Å². The molecule has 0 aliphatic heterocycles. The summed E-state index contributed by atoms with van der Waals surface area (Å²) in [5.74, 6) is 1.69. The maximum Gasteiger partial charge on any atom is 0.188 e. The van der Waals surface area contributed by atoms with Crippen LogP contribution in [0, 0.1) is 6.92 Å². The maximum absolute atomic E-state index is 12.3. The summed E-state index contributed by atoms with van der Waals surface area (Å²) in [6, 6.07) is 12.0. The standard InChI is InChI=1S/C23H31O4P/c1-7-12-23(4,28-22-11-8-16(2)13-19(22)17(3)24)20-14-18(26-6)9-10-21(20)27-15-25-5/h8-11,13-14,28H,7,12,15H2,1-6H3. The van der Waals surface area contributed by atoms with Gasteiger partial charge in [0.25, 0.3) is 0 Å². The summed E-state index contributed by atoms with van der Waals surface area (Å²) in [6.45, 7) is 8.27. The minimum Gasteiger partial charge on any atom is -0.497 e. The highest BCUT2D eigenvalue weighted by atomic mass is 31.1. The van der Waals surface area contributed by atoms with E-state index < -0.39 is 0 Å². The maximum atomic E-state index is 12.3. The van der Waals surface area contributed by atoms with Crippen molar-refractivity contribution in [1.29, 1.82) is 0 Å². The Kier molecular flexibility index (Phi) is 8.03. The van der Waals surface area contributed by atoms with Gasteiger partial charge in [-0.15, -0.1) is 0 Å². The molecule has 0 amide bonds. The highest BCUT2D eigenvalue weighted by molar-refractivity contribution is 7.48. The van der Waals surface area contributed by atoms with Crippen LogP contribution in [0.4, 0.5) is 0 Å². The van der Waals surface area contributed by atoms with Crippen LogP contribution in [0.25, 0.3) is 0 Å². The molecule has 0 heterocycles. The first-order valence-corrected chi connectivity index (χ1v) is 10.5. The van der Waals surface area contributed by atoms with Crippen LogP contribution in [0.2, 0.25) is 0 Å². The second-order valence-corrected chi connectivity index (χ2v) is 9.12.